The van der Waals surface area contributed by atoms with Crippen LogP contribution in [-0.2, 0) is 6.42 Å². The van der Waals surface area contributed by atoms with E-state index in [0.29, 0.717) is 46.7 Å². The van der Waals surface area contributed by atoms with Crippen molar-refractivity contribution in [1.82, 2.24) is 10.4 Å². The Hall–Kier alpha value is -4.26. The quantitative estimate of drug-likeness (QED) is 0.263. The van der Waals surface area contributed by atoms with Crippen molar-refractivity contribution in [3.63, 3.8) is 0 Å². The number of benzene rings is 2. The Morgan fingerprint density at radius 3 is 2.71 bits per heavy atom. The highest BCUT2D eigenvalue weighted by Gasteiger charge is 2.29. The van der Waals surface area contributed by atoms with E-state index < -0.39 is 5.97 Å². The number of hydrogen-bond acceptors (Lipinski definition) is 6. The summed E-state index contributed by atoms with van der Waals surface area (Å²) in [6, 6.07) is 16.5. The Morgan fingerprint density at radius 2 is 1.85 bits per heavy atom. The summed E-state index contributed by atoms with van der Waals surface area (Å²) in [5.41, 5.74) is 6.81. The molecule has 0 saturated carbocycles. The van der Waals surface area contributed by atoms with Gasteiger partial charge in [0.1, 0.15) is 11.3 Å². The minimum absolute atomic E-state index is 0.137. The van der Waals surface area contributed by atoms with Crippen molar-refractivity contribution in [1.29, 1.82) is 0 Å². The largest absolute Gasteiger partial charge is 0.453 e. The fraction of sp³-hybridized carbons (Fsp3) is 0.185. The monoisotopic (exact) mass is 453 g/mol. The lowest BCUT2D eigenvalue weighted by molar-refractivity contribution is 0.0700. The molecule has 0 saturated heterocycles. The van der Waals surface area contributed by atoms with Crippen LogP contribution in [-0.4, -0.2) is 22.6 Å². The van der Waals surface area contributed by atoms with Crippen LogP contribution in [0.15, 0.2) is 70.3 Å². The molecule has 1 N–H and O–H groups in total. The van der Waals surface area contributed by atoms with Crippen molar-refractivity contribution in [2.24, 2.45) is 5.10 Å². The van der Waals surface area contributed by atoms with Gasteiger partial charge in [-0.05, 0) is 50.5 Å². The molecular weight excluding hydrogens is 430 g/mol. The Balaban J connectivity index is 1.42. The molecule has 2 aromatic heterocycles. The van der Waals surface area contributed by atoms with Gasteiger partial charge in [-0.2, -0.15) is 5.10 Å². The molecule has 7 nitrogen and oxygen atoms in total. The van der Waals surface area contributed by atoms with Gasteiger partial charge < -0.3 is 9.15 Å². The van der Waals surface area contributed by atoms with Crippen molar-refractivity contribution in [2.45, 2.75) is 33.1 Å². The number of nitrogens with one attached hydrogen (secondary N) is 1. The van der Waals surface area contributed by atoms with Crippen LogP contribution in [0.5, 0.6) is 5.75 Å². The highest BCUT2D eigenvalue weighted by atomic mass is 16.5. The third kappa shape index (κ3) is 3.96. The van der Waals surface area contributed by atoms with Crippen LogP contribution < -0.4 is 10.2 Å². The summed E-state index contributed by atoms with van der Waals surface area (Å²) in [5.74, 6) is 0.319. The molecule has 5 rings (SSSR count). The first kappa shape index (κ1) is 21.6. The summed E-state index contributed by atoms with van der Waals surface area (Å²) >= 11 is 0. The lowest BCUT2D eigenvalue weighted by Gasteiger charge is -2.13. The SMILES string of the molecule is Cc1ccccc1C(=O)N/N=C1\CCCc2oc(C(=O)Oc3cccc4cccnc34)c(C)c21. The molecule has 34 heavy (non-hydrogen) atoms. The van der Waals surface area contributed by atoms with Gasteiger partial charge >= 0.3 is 5.97 Å². The van der Waals surface area contributed by atoms with Crippen LogP contribution in [0, 0.1) is 13.8 Å². The molecule has 2 heterocycles. The van der Waals surface area contributed by atoms with Crippen molar-refractivity contribution in [2.75, 3.05) is 0 Å². The molecule has 0 unspecified atom stereocenters. The summed E-state index contributed by atoms with van der Waals surface area (Å²) in [7, 11) is 0. The molecule has 0 bridgehead atoms. The zero-order chi connectivity index (χ0) is 23.7. The van der Waals surface area contributed by atoms with E-state index in [4.69, 9.17) is 9.15 Å². The smallest absolute Gasteiger partial charge is 0.380 e. The number of hydrazone groups is 1. The van der Waals surface area contributed by atoms with Crippen LogP contribution in [0.1, 0.15) is 56.2 Å². The second kappa shape index (κ2) is 8.94. The van der Waals surface area contributed by atoms with Crippen LogP contribution >= 0.6 is 0 Å². The van der Waals surface area contributed by atoms with Crippen LogP contribution in [0.4, 0.5) is 0 Å². The molecule has 1 amide bonds. The number of para-hydroxylation sites is 1. The summed E-state index contributed by atoms with van der Waals surface area (Å²) in [6.45, 7) is 3.69. The lowest BCUT2D eigenvalue weighted by atomic mass is 9.93. The number of rotatable bonds is 4. The predicted octanol–water partition coefficient (Wildman–Crippen LogP) is 5.13. The molecule has 170 valence electrons. The van der Waals surface area contributed by atoms with Crippen LogP contribution in [0.3, 0.4) is 0 Å². The van der Waals surface area contributed by atoms with Crippen molar-refractivity contribution in [3.05, 3.63) is 94.6 Å². The molecule has 0 atom stereocenters. The minimum Gasteiger partial charge on any atom is -0.453 e. The molecule has 0 spiro atoms. The van der Waals surface area contributed by atoms with Gasteiger partial charge in [0.15, 0.2) is 5.75 Å². The minimum atomic E-state index is -0.589. The number of esters is 1. The summed E-state index contributed by atoms with van der Waals surface area (Å²) in [6.07, 6.45) is 3.82. The Morgan fingerprint density at radius 1 is 1.03 bits per heavy atom. The molecule has 0 fully saturated rings. The van der Waals surface area contributed by atoms with E-state index in [1.54, 1.807) is 18.3 Å². The van der Waals surface area contributed by atoms with Crippen LogP contribution in [0.2, 0.25) is 0 Å². The number of furan rings is 1. The van der Waals surface area contributed by atoms with E-state index in [0.717, 1.165) is 22.9 Å². The van der Waals surface area contributed by atoms with Gasteiger partial charge in [0.05, 0.1) is 5.71 Å². The number of ether oxygens (including phenoxy) is 1. The van der Waals surface area contributed by atoms with Gasteiger partial charge in [0, 0.05) is 34.7 Å². The normalized spacial score (nSPS) is 14.1. The van der Waals surface area contributed by atoms with Gasteiger partial charge in [-0.25, -0.2) is 10.2 Å². The highest BCUT2D eigenvalue weighted by molar-refractivity contribution is 6.07. The van der Waals surface area contributed by atoms with E-state index in [1.165, 1.54) is 0 Å². The van der Waals surface area contributed by atoms with Gasteiger partial charge in [-0.3, -0.25) is 9.78 Å². The molecular formula is C27H23N3O4. The van der Waals surface area contributed by atoms with E-state index >= 15 is 0 Å². The number of nitrogens with zero attached hydrogens (tertiary/aromatic N) is 2. The number of amides is 1. The molecule has 1 aliphatic carbocycles. The average Bonchev–Trinajstić information content (AvgIpc) is 3.20. The predicted molar refractivity (Wildman–Crippen MR) is 128 cm³/mol. The first-order valence-electron chi connectivity index (χ1n) is 11.1. The number of aromatic nitrogens is 1. The van der Waals surface area contributed by atoms with E-state index in [-0.39, 0.29) is 11.7 Å². The second-order valence-electron chi connectivity index (χ2n) is 8.24. The third-order valence-electron chi connectivity index (χ3n) is 5.99. The Labute approximate surface area is 196 Å². The number of fused-ring (bicyclic) bond motifs is 2. The number of carbonyl (C=O) groups excluding carboxylic acids is 2. The number of hydrogen-bond donors (Lipinski definition) is 1. The standard InChI is InChI=1S/C27H23N3O4/c1-16-8-3-4-11-19(16)26(31)30-29-20-12-6-13-21-23(20)17(2)25(33-21)27(32)34-22-14-5-9-18-10-7-15-28-24(18)22/h3-5,7-11,14-15H,6,12-13H2,1-2H3,(H,30,31)/b29-20+. The molecule has 1 aliphatic rings. The molecule has 4 aromatic rings. The maximum Gasteiger partial charge on any atom is 0.380 e. The summed E-state index contributed by atoms with van der Waals surface area (Å²) < 4.78 is 11.6. The number of pyridine rings is 1. The maximum absolute atomic E-state index is 13.0. The fourth-order valence-corrected chi connectivity index (χ4v) is 4.29. The molecule has 0 aliphatic heterocycles. The third-order valence-corrected chi connectivity index (χ3v) is 5.99. The first-order valence-corrected chi connectivity index (χ1v) is 11.1. The van der Waals surface area contributed by atoms with Gasteiger partial charge in [0.2, 0.25) is 5.76 Å². The molecule has 7 heteroatoms. The Kier molecular flexibility index (Phi) is 5.67. The molecule has 2 aromatic carbocycles. The Bertz CT molecular complexity index is 1450. The number of carbonyl (C=O) groups is 2. The van der Waals surface area contributed by atoms with E-state index in [9.17, 15) is 9.59 Å². The lowest BCUT2D eigenvalue weighted by Crippen LogP contribution is -2.22. The van der Waals surface area contributed by atoms with Gasteiger partial charge in [0.25, 0.3) is 5.91 Å². The van der Waals surface area contributed by atoms with Crippen LogP contribution in [0.25, 0.3) is 10.9 Å². The molecule has 0 radical (unpaired) electrons. The second-order valence-corrected chi connectivity index (χ2v) is 8.24. The average molecular weight is 453 g/mol. The number of aryl methyl sites for hydroxylation is 2. The zero-order valence-corrected chi connectivity index (χ0v) is 18.9. The van der Waals surface area contributed by atoms with Gasteiger partial charge in [-0.15, -0.1) is 0 Å². The summed E-state index contributed by atoms with van der Waals surface area (Å²) in [4.78, 5) is 30.0. The van der Waals surface area contributed by atoms with Crippen molar-refractivity contribution < 1.29 is 18.7 Å². The van der Waals surface area contributed by atoms with E-state index in [1.807, 2.05) is 56.3 Å². The maximum atomic E-state index is 13.0. The highest BCUT2D eigenvalue weighted by Crippen LogP contribution is 2.31. The summed E-state index contributed by atoms with van der Waals surface area (Å²) in [5, 5.41) is 5.27. The van der Waals surface area contributed by atoms with Crippen molar-refractivity contribution >= 4 is 28.5 Å². The topological polar surface area (TPSA) is 93.8 Å². The first-order chi connectivity index (χ1) is 16.5. The van der Waals surface area contributed by atoms with Gasteiger partial charge in [-0.1, -0.05) is 36.4 Å². The van der Waals surface area contributed by atoms with E-state index in [2.05, 4.69) is 15.5 Å². The fourth-order valence-electron chi connectivity index (χ4n) is 4.29. The zero-order valence-electron chi connectivity index (χ0n) is 18.9. The van der Waals surface area contributed by atoms with Crippen molar-refractivity contribution in [3.8, 4) is 5.75 Å².